The minimum atomic E-state index is -0.354. The highest BCUT2D eigenvalue weighted by atomic mass is 32.1. The normalized spacial score (nSPS) is 12.4. The van der Waals surface area contributed by atoms with Crippen LogP contribution in [0.2, 0.25) is 0 Å². The predicted octanol–water partition coefficient (Wildman–Crippen LogP) is 5.43. The van der Waals surface area contributed by atoms with Crippen molar-refractivity contribution in [2.45, 2.75) is 34.1 Å². The number of methoxy groups -OCH3 is 1. The van der Waals surface area contributed by atoms with Crippen molar-refractivity contribution in [3.63, 3.8) is 0 Å². The Morgan fingerprint density at radius 1 is 1.24 bits per heavy atom. The van der Waals surface area contributed by atoms with Crippen molar-refractivity contribution < 1.29 is 13.9 Å². The minimum absolute atomic E-state index is 0.267. The van der Waals surface area contributed by atoms with Crippen LogP contribution >= 0.6 is 11.3 Å². The van der Waals surface area contributed by atoms with Gasteiger partial charge in [-0.25, -0.2) is 14.2 Å². The van der Waals surface area contributed by atoms with Gasteiger partial charge in [0.2, 0.25) is 0 Å². The van der Waals surface area contributed by atoms with Gasteiger partial charge in [0.25, 0.3) is 0 Å². The fourth-order valence-corrected chi connectivity index (χ4v) is 3.70. The molecule has 0 aliphatic carbocycles. The van der Waals surface area contributed by atoms with Gasteiger partial charge in [-0.2, -0.15) is 0 Å². The Morgan fingerprint density at radius 2 is 1.90 bits per heavy atom. The van der Waals surface area contributed by atoms with E-state index in [0.717, 1.165) is 28.6 Å². The van der Waals surface area contributed by atoms with E-state index in [9.17, 15) is 9.18 Å². The zero-order chi connectivity index (χ0) is 21.6. The quantitative estimate of drug-likeness (QED) is 0.424. The number of ether oxygens (including phenoxy) is 1. The van der Waals surface area contributed by atoms with Crippen LogP contribution in [0.15, 0.2) is 52.8 Å². The van der Waals surface area contributed by atoms with E-state index in [1.54, 1.807) is 19.1 Å². The summed E-state index contributed by atoms with van der Waals surface area (Å²) < 4.78 is 18.0. The van der Waals surface area contributed by atoms with Crippen molar-refractivity contribution >= 4 is 22.4 Å². The highest BCUT2D eigenvalue weighted by molar-refractivity contribution is 7.14. The van der Waals surface area contributed by atoms with E-state index in [-0.39, 0.29) is 11.8 Å². The second-order valence-electron chi connectivity index (χ2n) is 6.63. The molecule has 0 radical (unpaired) electrons. The lowest BCUT2D eigenvalue weighted by Gasteiger charge is -2.31. The second kappa shape index (κ2) is 10.2. The van der Waals surface area contributed by atoms with Crippen molar-refractivity contribution in [2.24, 2.45) is 0 Å². The number of hydrogen-bond donors (Lipinski definition) is 0. The number of hydrogen-bond acceptors (Lipinski definition) is 6. The van der Waals surface area contributed by atoms with Crippen molar-refractivity contribution in [3.05, 3.63) is 58.6 Å². The topological polar surface area (TPSA) is 45.7 Å². The third-order valence-corrected chi connectivity index (χ3v) is 5.54. The smallest absolute Gasteiger partial charge is 0.334 e. The van der Waals surface area contributed by atoms with Crippen molar-refractivity contribution in [3.8, 4) is 11.3 Å². The van der Waals surface area contributed by atoms with Gasteiger partial charge in [-0.1, -0.05) is 6.92 Å². The number of carbonyl (C=O) groups is 1. The molecule has 0 atom stereocenters. The molecule has 0 saturated heterocycles. The minimum Gasteiger partial charge on any atom is -0.466 e. The summed E-state index contributed by atoms with van der Waals surface area (Å²) in [4.78, 5) is 20.7. The largest absolute Gasteiger partial charge is 0.466 e. The molecule has 0 aliphatic heterocycles. The maximum absolute atomic E-state index is 13.2. The van der Waals surface area contributed by atoms with Crippen LogP contribution in [0.5, 0.6) is 0 Å². The van der Waals surface area contributed by atoms with Crippen molar-refractivity contribution in [2.75, 3.05) is 25.6 Å². The number of carbonyl (C=O) groups excluding carboxylic acids is 1. The molecule has 1 aromatic carbocycles. The molecule has 0 spiro atoms. The van der Waals surface area contributed by atoms with E-state index < -0.39 is 0 Å². The summed E-state index contributed by atoms with van der Waals surface area (Å²) in [6.45, 7) is 8.62. The molecule has 0 N–H and O–H groups in total. The molecule has 0 fully saturated rings. The monoisotopic (exact) mass is 417 g/mol. The zero-order valence-electron chi connectivity index (χ0n) is 17.8. The number of halogens is 1. The SMILES string of the molecule is CCC(C)=C(N(C=C(C)C(=O)OC)CC)N(C)c1nc(-c2ccc(F)cc2)cs1. The Morgan fingerprint density at radius 3 is 2.45 bits per heavy atom. The summed E-state index contributed by atoms with van der Waals surface area (Å²) in [5.41, 5.74) is 3.36. The van der Waals surface area contributed by atoms with Crippen molar-refractivity contribution in [1.29, 1.82) is 0 Å². The van der Waals surface area contributed by atoms with Gasteiger partial charge >= 0.3 is 5.97 Å². The second-order valence-corrected chi connectivity index (χ2v) is 7.46. The van der Waals surface area contributed by atoms with E-state index >= 15 is 0 Å². The number of thiazole rings is 1. The number of esters is 1. The van der Waals surface area contributed by atoms with Gasteiger partial charge < -0.3 is 14.5 Å². The standard InChI is InChI=1S/C22H28FN3O2S/c1-7-15(3)20(26(8-2)13-16(4)21(27)28-6)25(5)22-24-19(14-29-22)17-9-11-18(23)12-10-17/h9-14H,7-8H2,1-6H3. The molecule has 2 aromatic rings. The molecule has 0 unspecified atom stereocenters. The van der Waals surface area contributed by atoms with E-state index in [0.29, 0.717) is 12.1 Å². The molecule has 156 valence electrons. The zero-order valence-corrected chi connectivity index (χ0v) is 18.6. The van der Waals surface area contributed by atoms with E-state index in [1.807, 2.05) is 35.4 Å². The lowest BCUT2D eigenvalue weighted by atomic mass is 10.2. The average Bonchev–Trinajstić information content (AvgIpc) is 3.22. The first-order chi connectivity index (χ1) is 13.8. The summed E-state index contributed by atoms with van der Waals surface area (Å²) in [6, 6.07) is 6.32. The molecule has 0 saturated carbocycles. The molecule has 0 bridgehead atoms. The summed E-state index contributed by atoms with van der Waals surface area (Å²) in [6.07, 6.45) is 2.67. The first kappa shape index (κ1) is 22.6. The summed E-state index contributed by atoms with van der Waals surface area (Å²) in [5.74, 6) is 0.349. The Labute approximate surface area is 176 Å². The van der Waals surface area contributed by atoms with Crippen LogP contribution in [0.1, 0.15) is 34.1 Å². The van der Waals surface area contributed by atoms with Crippen LogP contribution in [0.3, 0.4) is 0 Å². The number of allylic oxidation sites excluding steroid dienone is 1. The first-order valence-corrected chi connectivity index (χ1v) is 10.4. The Kier molecular flexibility index (Phi) is 7.96. The molecule has 0 amide bonds. The summed E-state index contributed by atoms with van der Waals surface area (Å²) in [7, 11) is 3.34. The van der Waals surface area contributed by atoms with Gasteiger partial charge in [0.1, 0.15) is 11.6 Å². The lowest BCUT2D eigenvalue weighted by molar-refractivity contribution is -0.136. The molecule has 5 nitrogen and oxygen atoms in total. The summed E-state index contributed by atoms with van der Waals surface area (Å²) >= 11 is 1.52. The number of benzene rings is 1. The molecule has 2 rings (SSSR count). The van der Waals surface area contributed by atoms with Gasteiger partial charge in [0.05, 0.1) is 18.4 Å². The first-order valence-electron chi connectivity index (χ1n) is 9.50. The van der Waals surface area contributed by atoms with Crippen LogP contribution in [0.4, 0.5) is 9.52 Å². The number of anilines is 1. The van der Waals surface area contributed by atoms with E-state index in [4.69, 9.17) is 9.72 Å². The predicted molar refractivity (Wildman–Crippen MR) is 117 cm³/mol. The number of rotatable bonds is 8. The molecule has 1 heterocycles. The fraction of sp³-hybridized carbons (Fsp3) is 0.364. The van der Waals surface area contributed by atoms with Gasteiger partial charge in [-0.05, 0) is 57.0 Å². The van der Waals surface area contributed by atoms with Crippen LogP contribution in [0.25, 0.3) is 11.3 Å². The Balaban J connectivity index is 2.40. The average molecular weight is 418 g/mol. The third-order valence-electron chi connectivity index (χ3n) is 4.62. The number of aromatic nitrogens is 1. The van der Waals surface area contributed by atoms with Gasteiger partial charge in [-0.3, -0.25) is 0 Å². The molecule has 0 aliphatic rings. The Hall–Kier alpha value is -2.67. The van der Waals surface area contributed by atoms with Gasteiger partial charge in [0, 0.05) is 30.7 Å². The lowest BCUT2D eigenvalue weighted by Crippen LogP contribution is -2.31. The Bertz CT molecular complexity index is 903. The summed E-state index contributed by atoms with van der Waals surface area (Å²) in [5, 5.41) is 2.78. The van der Waals surface area contributed by atoms with Gasteiger partial charge in [0.15, 0.2) is 5.13 Å². The van der Waals surface area contributed by atoms with Crippen LogP contribution < -0.4 is 4.90 Å². The van der Waals surface area contributed by atoms with Crippen LogP contribution in [0, 0.1) is 5.82 Å². The highest BCUT2D eigenvalue weighted by Crippen LogP contribution is 2.31. The third kappa shape index (κ3) is 5.44. The fourth-order valence-electron chi connectivity index (χ4n) is 2.89. The number of nitrogens with zero attached hydrogens (tertiary/aromatic N) is 3. The van der Waals surface area contributed by atoms with Crippen molar-refractivity contribution in [1.82, 2.24) is 9.88 Å². The molecule has 7 heteroatoms. The molecular formula is C22H28FN3O2S. The van der Waals surface area contributed by atoms with E-state index in [1.165, 1.54) is 36.2 Å². The molecule has 1 aromatic heterocycles. The van der Waals surface area contributed by atoms with Gasteiger partial charge in [-0.15, -0.1) is 11.3 Å². The van der Waals surface area contributed by atoms with E-state index in [2.05, 4.69) is 13.8 Å². The maximum Gasteiger partial charge on any atom is 0.334 e. The highest BCUT2D eigenvalue weighted by Gasteiger charge is 2.19. The van der Waals surface area contributed by atoms with Crippen LogP contribution in [-0.2, 0) is 9.53 Å². The molecule has 29 heavy (non-hydrogen) atoms. The van der Waals surface area contributed by atoms with Crippen LogP contribution in [-0.4, -0.2) is 36.6 Å². The maximum atomic E-state index is 13.2. The molecular weight excluding hydrogens is 389 g/mol.